The quantitative estimate of drug-likeness (QED) is 0.916. The van der Waals surface area contributed by atoms with Crippen molar-refractivity contribution < 1.29 is 9.53 Å². The van der Waals surface area contributed by atoms with Crippen molar-refractivity contribution >= 4 is 5.91 Å². The Morgan fingerprint density at radius 3 is 2.50 bits per heavy atom. The lowest BCUT2D eigenvalue weighted by atomic mass is 9.74. The third-order valence-corrected chi connectivity index (χ3v) is 3.97. The number of amides is 1. The van der Waals surface area contributed by atoms with Crippen LogP contribution in [-0.2, 0) is 11.3 Å². The largest absolute Gasteiger partial charge is 0.497 e. The number of hydrogen-bond acceptors (Lipinski definition) is 3. The average Bonchev–Trinajstić information content (AvgIpc) is 2.53. The van der Waals surface area contributed by atoms with Gasteiger partial charge in [-0.3, -0.25) is 4.79 Å². The van der Waals surface area contributed by atoms with Crippen molar-refractivity contribution in [1.82, 2.24) is 5.32 Å². The van der Waals surface area contributed by atoms with Gasteiger partial charge in [0.1, 0.15) is 11.2 Å². The monoisotopic (exact) mass is 272 g/mol. The maximum Gasteiger partial charge on any atom is 0.240 e. The molecule has 0 heterocycles. The van der Waals surface area contributed by atoms with Gasteiger partial charge in [-0.2, -0.15) is 5.26 Å². The molecule has 2 rings (SSSR count). The van der Waals surface area contributed by atoms with E-state index in [0.29, 0.717) is 19.4 Å². The van der Waals surface area contributed by atoms with Gasteiger partial charge >= 0.3 is 0 Å². The second-order valence-corrected chi connectivity index (χ2v) is 5.29. The number of nitrogens with zero attached hydrogens (tertiary/aromatic N) is 1. The van der Waals surface area contributed by atoms with Crippen LogP contribution in [0.4, 0.5) is 0 Å². The van der Waals surface area contributed by atoms with Gasteiger partial charge in [-0.15, -0.1) is 0 Å². The zero-order valence-electron chi connectivity index (χ0n) is 11.8. The minimum absolute atomic E-state index is 0.129. The fourth-order valence-electron chi connectivity index (χ4n) is 2.64. The Hall–Kier alpha value is -2.02. The first-order chi connectivity index (χ1) is 9.70. The zero-order chi connectivity index (χ0) is 14.4. The molecule has 1 fully saturated rings. The summed E-state index contributed by atoms with van der Waals surface area (Å²) < 4.78 is 5.09. The van der Waals surface area contributed by atoms with Gasteiger partial charge in [0.25, 0.3) is 0 Å². The number of ether oxygens (including phenoxy) is 1. The van der Waals surface area contributed by atoms with Crippen molar-refractivity contribution in [3.8, 4) is 11.8 Å². The highest BCUT2D eigenvalue weighted by Gasteiger charge is 2.39. The molecule has 1 N–H and O–H groups in total. The van der Waals surface area contributed by atoms with Crippen LogP contribution in [0.15, 0.2) is 24.3 Å². The summed E-state index contributed by atoms with van der Waals surface area (Å²) in [4.78, 5) is 12.3. The molecule has 0 radical (unpaired) electrons. The third-order valence-electron chi connectivity index (χ3n) is 3.97. The average molecular weight is 272 g/mol. The van der Waals surface area contributed by atoms with Gasteiger partial charge < -0.3 is 10.1 Å². The summed E-state index contributed by atoms with van der Waals surface area (Å²) in [5.41, 5.74) is 0.188. The van der Waals surface area contributed by atoms with Crippen molar-refractivity contribution in [2.45, 2.75) is 38.6 Å². The Bertz CT molecular complexity index is 496. The number of carbonyl (C=O) groups excluding carboxylic acids is 1. The Kier molecular flexibility index (Phi) is 4.62. The van der Waals surface area contributed by atoms with Gasteiger partial charge in [-0.1, -0.05) is 31.4 Å². The summed E-state index contributed by atoms with van der Waals surface area (Å²) >= 11 is 0. The molecule has 0 spiro atoms. The highest BCUT2D eigenvalue weighted by molar-refractivity contribution is 5.85. The van der Waals surface area contributed by atoms with Gasteiger partial charge in [-0.25, -0.2) is 0 Å². The van der Waals surface area contributed by atoms with E-state index in [4.69, 9.17) is 4.74 Å². The van der Waals surface area contributed by atoms with Crippen LogP contribution in [0.25, 0.3) is 0 Å². The molecule has 4 heteroatoms. The smallest absolute Gasteiger partial charge is 0.240 e. The van der Waals surface area contributed by atoms with Gasteiger partial charge in [0, 0.05) is 6.54 Å². The Labute approximate surface area is 119 Å². The number of rotatable bonds is 4. The number of nitriles is 1. The predicted octanol–water partition coefficient (Wildman–Crippen LogP) is 2.79. The second-order valence-electron chi connectivity index (χ2n) is 5.29. The normalized spacial score (nSPS) is 17.0. The number of hydrogen-bond donors (Lipinski definition) is 1. The van der Waals surface area contributed by atoms with E-state index < -0.39 is 5.41 Å². The van der Waals surface area contributed by atoms with Gasteiger partial charge in [-0.05, 0) is 30.5 Å². The molecule has 1 aliphatic carbocycles. The van der Waals surface area contributed by atoms with Crippen molar-refractivity contribution in [3.05, 3.63) is 29.8 Å². The van der Waals surface area contributed by atoms with Crippen LogP contribution in [0.2, 0.25) is 0 Å². The second kappa shape index (κ2) is 6.42. The van der Waals surface area contributed by atoms with Crippen LogP contribution >= 0.6 is 0 Å². The zero-order valence-corrected chi connectivity index (χ0v) is 11.8. The maximum atomic E-state index is 12.3. The van der Waals surface area contributed by atoms with E-state index in [2.05, 4.69) is 11.4 Å². The molecule has 1 aromatic carbocycles. The standard InChI is InChI=1S/C16H20N2O2/c1-20-14-7-5-13(6-8-14)11-18-15(19)16(12-17)9-3-2-4-10-16/h5-8H,2-4,9-11H2,1H3,(H,18,19). The molecule has 0 aromatic heterocycles. The molecule has 0 atom stereocenters. The minimum atomic E-state index is -0.815. The molecule has 106 valence electrons. The summed E-state index contributed by atoms with van der Waals surface area (Å²) in [6, 6.07) is 9.80. The van der Waals surface area contributed by atoms with Crippen molar-refractivity contribution in [3.63, 3.8) is 0 Å². The number of carbonyl (C=O) groups is 1. The third kappa shape index (κ3) is 3.11. The lowest BCUT2D eigenvalue weighted by molar-refractivity contribution is -0.129. The molecule has 1 aromatic rings. The van der Waals surface area contributed by atoms with Crippen LogP contribution in [0.5, 0.6) is 5.75 Å². The van der Waals surface area contributed by atoms with Crippen LogP contribution in [0, 0.1) is 16.7 Å². The van der Waals surface area contributed by atoms with E-state index in [1.165, 1.54) is 0 Å². The fourth-order valence-corrected chi connectivity index (χ4v) is 2.64. The Morgan fingerprint density at radius 1 is 1.30 bits per heavy atom. The summed E-state index contributed by atoms with van der Waals surface area (Å²) in [7, 11) is 1.62. The van der Waals surface area contributed by atoms with Crippen LogP contribution < -0.4 is 10.1 Å². The topological polar surface area (TPSA) is 62.1 Å². The molecular weight excluding hydrogens is 252 g/mol. The first kappa shape index (κ1) is 14.4. The first-order valence-electron chi connectivity index (χ1n) is 7.03. The molecular formula is C16H20N2O2. The molecule has 0 unspecified atom stereocenters. The predicted molar refractivity (Wildman–Crippen MR) is 76.0 cm³/mol. The number of nitrogens with one attached hydrogen (secondary N) is 1. The van der Waals surface area contributed by atoms with E-state index >= 15 is 0 Å². The Balaban J connectivity index is 1.95. The number of benzene rings is 1. The van der Waals surface area contributed by atoms with Crippen molar-refractivity contribution in [2.24, 2.45) is 5.41 Å². The molecule has 4 nitrogen and oxygen atoms in total. The maximum absolute atomic E-state index is 12.3. The van der Waals surface area contributed by atoms with Gasteiger partial charge in [0.2, 0.25) is 5.91 Å². The summed E-state index contributed by atoms with van der Waals surface area (Å²) in [5.74, 6) is 0.663. The summed E-state index contributed by atoms with van der Waals surface area (Å²) in [6.45, 7) is 0.451. The first-order valence-corrected chi connectivity index (χ1v) is 7.03. The molecule has 0 aliphatic heterocycles. The summed E-state index contributed by atoms with van der Waals surface area (Å²) in [5, 5.41) is 12.2. The van der Waals surface area contributed by atoms with E-state index in [1.807, 2.05) is 24.3 Å². The lowest BCUT2D eigenvalue weighted by Gasteiger charge is -2.29. The van der Waals surface area contributed by atoms with Crippen molar-refractivity contribution in [2.75, 3.05) is 7.11 Å². The van der Waals surface area contributed by atoms with E-state index in [-0.39, 0.29) is 5.91 Å². The van der Waals surface area contributed by atoms with Crippen LogP contribution in [0.3, 0.4) is 0 Å². The van der Waals surface area contributed by atoms with Gasteiger partial charge in [0.15, 0.2) is 0 Å². The van der Waals surface area contributed by atoms with E-state index in [9.17, 15) is 10.1 Å². The van der Waals surface area contributed by atoms with E-state index in [0.717, 1.165) is 30.6 Å². The lowest BCUT2D eigenvalue weighted by Crippen LogP contribution is -2.41. The molecule has 1 amide bonds. The SMILES string of the molecule is COc1ccc(CNC(=O)C2(C#N)CCCCC2)cc1. The highest BCUT2D eigenvalue weighted by Crippen LogP contribution is 2.35. The minimum Gasteiger partial charge on any atom is -0.497 e. The van der Waals surface area contributed by atoms with Crippen LogP contribution in [0.1, 0.15) is 37.7 Å². The Morgan fingerprint density at radius 2 is 1.95 bits per heavy atom. The van der Waals surface area contributed by atoms with E-state index in [1.54, 1.807) is 7.11 Å². The molecule has 0 bridgehead atoms. The summed E-state index contributed by atoms with van der Waals surface area (Å²) in [6.07, 6.45) is 4.40. The molecule has 20 heavy (non-hydrogen) atoms. The van der Waals surface area contributed by atoms with Crippen LogP contribution in [-0.4, -0.2) is 13.0 Å². The number of methoxy groups -OCH3 is 1. The highest BCUT2D eigenvalue weighted by atomic mass is 16.5. The molecule has 0 saturated heterocycles. The van der Waals surface area contributed by atoms with Crippen molar-refractivity contribution in [1.29, 1.82) is 5.26 Å². The molecule has 1 aliphatic rings. The molecule has 1 saturated carbocycles. The van der Waals surface area contributed by atoms with Gasteiger partial charge in [0.05, 0.1) is 13.2 Å². The fraction of sp³-hybridized carbons (Fsp3) is 0.500.